The van der Waals surface area contributed by atoms with E-state index in [2.05, 4.69) is 5.32 Å². The fraction of sp³-hybridized carbons (Fsp3) is 0.0556. The van der Waals surface area contributed by atoms with Gasteiger partial charge in [0, 0.05) is 16.1 Å². The summed E-state index contributed by atoms with van der Waals surface area (Å²) in [4.78, 5) is 13.4. The van der Waals surface area contributed by atoms with Crippen LogP contribution in [0.3, 0.4) is 0 Å². The molecule has 0 radical (unpaired) electrons. The van der Waals surface area contributed by atoms with E-state index < -0.39 is 15.9 Å². The molecule has 0 aliphatic rings. The smallest absolute Gasteiger partial charge is 0.265 e. The molecule has 5 nitrogen and oxygen atoms in total. The highest BCUT2D eigenvalue weighted by Gasteiger charge is 2.15. The van der Waals surface area contributed by atoms with E-state index in [4.69, 9.17) is 5.14 Å². The molecule has 2 aromatic carbocycles. The van der Waals surface area contributed by atoms with E-state index in [-0.39, 0.29) is 10.7 Å². The Morgan fingerprint density at radius 1 is 1.12 bits per heavy atom. The van der Waals surface area contributed by atoms with Crippen LogP contribution < -0.4 is 10.5 Å². The number of hydrogen-bond donors (Lipinski definition) is 2. The van der Waals surface area contributed by atoms with Crippen LogP contribution in [0, 0.1) is 12.7 Å². The Morgan fingerprint density at radius 3 is 2.54 bits per heavy atom. The van der Waals surface area contributed by atoms with E-state index in [0.717, 1.165) is 11.3 Å². The molecule has 0 spiro atoms. The van der Waals surface area contributed by atoms with E-state index in [1.807, 2.05) is 0 Å². The quantitative estimate of drug-likeness (QED) is 0.711. The summed E-state index contributed by atoms with van der Waals surface area (Å²) in [6.45, 7) is 1.62. The molecule has 0 saturated heterocycles. The van der Waals surface area contributed by atoms with Crippen molar-refractivity contribution in [2.75, 3.05) is 5.32 Å². The Labute approximate surface area is 154 Å². The minimum absolute atomic E-state index is 0.0477. The Kier molecular flexibility index (Phi) is 4.90. The molecule has 26 heavy (non-hydrogen) atoms. The van der Waals surface area contributed by atoms with Gasteiger partial charge < -0.3 is 5.32 Å². The summed E-state index contributed by atoms with van der Waals surface area (Å²) in [7, 11) is -3.88. The van der Waals surface area contributed by atoms with Gasteiger partial charge in [-0.15, -0.1) is 11.3 Å². The predicted molar refractivity (Wildman–Crippen MR) is 100 cm³/mol. The summed E-state index contributed by atoms with van der Waals surface area (Å²) in [5, 5.41) is 7.81. The average molecular weight is 390 g/mol. The Bertz CT molecular complexity index is 1090. The monoisotopic (exact) mass is 390 g/mol. The van der Waals surface area contributed by atoms with Crippen LogP contribution in [0.1, 0.15) is 15.2 Å². The molecule has 3 rings (SSSR count). The molecule has 0 fully saturated rings. The third kappa shape index (κ3) is 3.82. The molecule has 1 amide bonds. The van der Waals surface area contributed by atoms with Crippen molar-refractivity contribution in [3.8, 4) is 10.4 Å². The number of anilines is 1. The van der Waals surface area contributed by atoms with Crippen molar-refractivity contribution in [1.29, 1.82) is 0 Å². The summed E-state index contributed by atoms with van der Waals surface area (Å²) in [6, 6.07) is 14.0. The number of sulfonamides is 1. The van der Waals surface area contributed by atoms with E-state index in [1.165, 1.54) is 12.1 Å². The molecule has 1 heterocycles. The van der Waals surface area contributed by atoms with Crippen LogP contribution in [-0.2, 0) is 10.0 Å². The number of amides is 1. The number of carbonyl (C=O) groups excluding carboxylic acids is 1. The van der Waals surface area contributed by atoms with E-state index in [9.17, 15) is 17.6 Å². The zero-order chi connectivity index (χ0) is 18.9. The van der Waals surface area contributed by atoms with Gasteiger partial charge in [-0.3, -0.25) is 4.79 Å². The first-order valence-electron chi connectivity index (χ1n) is 7.55. The zero-order valence-electron chi connectivity index (χ0n) is 13.7. The Balaban J connectivity index is 1.85. The molecule has 3 aromatic rings. The largest absolute Gasteiger partial charge is 0.321 e. The van der Waals surface area contributed by atoms with Crippen LogP contribution in [0.2, 0.25) is 0 Å². The van der Waals surface area contributed by atoms with Crippen LogP contribution in [0.25, 0.3) is 10.4 Å². The molecule has 0 aliphatic heterocycles. The molecule has 0 saturated carbocycles. The highest BCUT2D eigenvalue weighted by molar-refractivity contribution is 7.89. The first-order valence-corrected chi connectivity index (χ1v) is 9.91. The molecule has 8 heteroatoms. The lowest BCUT2D eigenvalue weighted by Crippen LogP contribution is -2.15. The third-order valence-electron chi connectivity index (χ3n) is 3.72. The van der Waals surface area contributed by atoms with Crippen LogP contribution in [0.4, 0.5) is 10.1 Å². The fourth-order valence-corrected chi connectivity index (χ4v) is 4.18. The number of carbonyl (C=O) groups is 1. The number of rotatable bonds is 4. The molecule has 134 valence electrons. The second-order valence-electron chi connectivity index (χ2n) is 5.62. The number of benzene rings is 2. The SMILES string of the molecule is Cc1ccc(NC(=O)c2ccc(-c3ccccc3F)s2)cc1S(N)(=O)=O. The van der Waals surface area contributed by atoms with Crippen molar-refractivity contribution < 1.29 is 17.6 Å². The standard InChI is InChI=1S/C18H15FN2O3S2/c1-11-6-7-12(10-17(11)26(20,23)24)21-18(22)16-9-8-15(25-16)13-4-2-3-5-14(13)19/h2-10H,1H3,(H,21,22)(H2,20,23,24). The molecular formula is C18H15FN2O3S2. The molecular weight excluding hydrogens is 375 g/mol. The molecule has 0 unspecified atom stereocenters. The summed E-state index contributed by atoms with van der Waals surface area (Å²) in [6.07, 6.45) is 0. The van der Waals surface area contributed by atoms with Gasteiger partial charge in [-0.05, 0) is 42.8 Å². The Morgan fingerprint density at radius 2 is 1.85 bits per heavy atom. The maximum Gasteiger partial charge on any atom is 0.265 e. The first-order chi connectivity index (χ1) is 12.3. The van der Waals surface area contributed by atoms with Crippen LogP contribution in [-0.4, -0.2) is 14.3 Å². The maximum atomic E-state index is 13.9. The van der Waals surface area contributed by atoms with Crippen LogP contribution in [0.15, 0.2) is 59.5 Å². The number of thiophene rings is 1. The second-order valence-corrected chi connectivity index (χ2v) is 8.24. The van der Waals surface area contributed by atoms with E-state index >= 15 is 0 Å². The third-order valence-corrected chi connectivity index (χ3v) is 5.89. The summed E-state index contributed by atoms with van der Waals surface area (Å²) in [5.74, 6) is -0.778. The van der Waals surface area contributed by atoms with Crippen LogP contribution >= 0.6 is 11.3 Å². The van der Waals surface area contributed by atoms with Crippen molar-refractivity contribution in [2.45, 2.75) is 11.8 Å². The van der Waals surface area contributed by atoms with Crippen molar-refractivity contribution in [3.05, 3.63) is 70.9 Å². The average Bonchev–Trinajstić information content (AvgIpc) is 3.06. The molecule has 0 aliphatic carbocycles. The van der Waals surface area contributed by atoms with Gasteiger partial charge in [-0.2, -0.15) is 0 Å². The summed E-state index contributed by atoms with van der Waals surface area (Å²) >= 11 is 1.15. The zero-order valence-corrected chi connectivity index (χ0v) is 15.3. The highest BCUT2D eigenvalue weighted by Crippen LogP contribution is 2.30. The van der Waals surface area contributed by atoms with Gasteiger partial charge in [0.25, 0.3) is 5.91 Å². The van der Waals surface area contributed by atoms with E-state index in [1.54, 1.807) is 49.4 Å². The molecule has 3 N–H and O–H groups in total. The number of primary sulfonamides is 1. The van der Waals surface area contributed by atoms with Gasteiger partial charge in [0.1, 0.15) is 5.82 Å². The van der Waals surface area contributed by atoms with Crippen molar-refractivity contribution in [1.82, 2.24) is 0 Å². The van der Waals surface area contributed by atoms with Gasteiger partial charge in [0.15, 0.2) is 0 Å². The first kappa shape index (κ1) is 18.2. The van der Waals surface area contributed by atoms with Crippen LogP contribution in [0.5, 0.6) is 0 Å². The lowest BCUT2D eigenvalue weighted by atomic mass is 10.2. The maximum absolute atomic E-state index is 13.9. The topological polar surface area (TPSA) is 89.3 Å². The fourth-order valence-electron chi connectivity index (χ4n) is 2.44. The minimum Gasteiger partial charge on any atom is -0.321 e. The highest BCUT2D eigenvalue weighted by atomic mass is 32.2. The van der Waals surface area contributed by atoms with E-state index in [0.29, 0.717) is 26.6 Å². The van der Waals surface area contributed by atoms with Gasteiger partial charge in [0.05, 0.1) is 9.77 Å². The van der Waals surface area contributed by atoms with Crippen molar-refractivity contribution in [3.63, 3.8) is 0 Å². The van der Waals surface area contributed by atoms with Gasteiger partial charge in [-0.25, -0.2) is 17.9 Å². The van der Waals surface area contributed by atoms with Crippen molar-refractivity contribution >= 4 is 33.0 Å². The number of nitrogens with one attached hydrogen (secondary N) is 1. The number of aryl methyl sites for hydroxylation is 1. The lowest BCUT2D eigenvalue weighted by molar-refractivity contribution is 0.103. The van der Waals surface area contributed by atoms with Crippen molar-refractivity contribution in [2.24, 2.45) is 5.14 Å². The molecule has 0 atom stereocenters. The molecule has 1 aromatic heterocycles. The van der Waals surface area contributed by atoms with Gasteiger partial charge >= 0.3 is 0 Å². The lowest BCUT2D eigenvalue weighted by Gasteiger charge is -2.08. The number of halogens is 1. The van der Waals surface area contributed by atoms with Gasteiger partial charge in [0.2, 0.25) is 10.0 Å². The normalized spacial score (nSPS) is 11.3. The number of hydrogen-bond acceptors (Lipinski definition) is 4. The summed E-state index contributed by atoms with van der Waals surface area (Å²) in [5.41, 5.74) is 1.22. The minimum atomic E-state index is -3.88. The van der Waals surface area contributed by atoms with Gasteiger partial charge in [-0.1, -0.05) is 24.3 Å². The number of nitrogens with two attached hydrogens (primary N) is 1. The predicted octanol–water partition coefficient (Wildman–Crippen LogP) is 3.76. The Hall–Kier alpha value is -2.55. The molecule has 0 bridgehead atoms. The second kappa shape index (κ2) is 6.99. The summed E-state index contributed by atoms with van der Waals surface area (Å²) < 4.78 is 37.0.